The normalized spacial score (nSPS) is 11.2. The molecule has 0 bridgehead atoms. The maximum atomic E-state index is 5.90. The average molecular weight is 412 g/mol. The zero-order valence-corrected chi connectivity index (χ0v) is 17.4. The molecular formula is C23H20N6O2. The van der Waals surface area contributed by atoms with E-state index in [0.717, 1.165) is 33.8 Å². The number of rotatable bonds is 5. The second-order valence-electron chi connectivity index (χ2n) is 7.36. The van der Waals surface area contributed by atoms with Gasteiger partial charge in [-0.2, -0.15) is 4.98 Å². The van der Waals surface area contributed by atoms with Crippen molar-refractivity contribution in [3.8, 4) is 34.4 Å². The summed E-state index contributed by atoms with van der Waals surface area (Å²) in [6, 6.07) is 17.7. The fourth-order valence-electron chi connectivity index (χ4n) is 3.35. The Bertz CT molecular complexity index is 1350. The van der Waals surface area contributed by atoms with Crippen LogP contribution in [0.3, 0.4) is 0 Å². The quantitative estimate of drug-likeness (QED) is 0.415. The molecule has 0 unspecified atom stereocenters. The minimum Gasteiger partial charge on any atom is -0.441 e. The first-order valence-corrected chi connectivity index (χ1v) is 9.91. The third-order valence-corrected chi connectivity index (χ3v) is 5.10. The molecule has 154 valence electrons. The van der Waals surface area contributed by atoms with Gasteiger partial charge in [0, 0.05) is 11.1 Å². The summed E-state index contributed by atoms with van der Waals surface area (Å²) in [6.07, 6.45) is 0. The second-order valence-corrected chi connectivity index (χ2v) is 7.36. The summed E-state index contributed by atoms with van der Waals surface area (Å²) in [5.41, 5.74) is 5.14. The van der Waals surface area contributed by atoms with Crippen molar-refractivity contribution in [3.63, 3.8) is 0 Å². The van der Waals surface area contributed by atoms with Gasteiger partial charge in [-0.25, -0.2) is 9.67 Å². The van der Waals surface area contributed by atoms with E-state index in [2.05, 4.69) is 25.4 Å². The lowest BCUT2D eigenvalue weighted by molar-refractivity contribution is 0.430. The van der Waals surface area contributed by atoms with Crippen LogP contribution in [0.1, 0.15) is 22.7 Å². The number of hydrogen-bond donors (Lipinski definition) is 0. The Morgan fingerprint density at radius 3 is 2.48 bits per heavy atom. The standard InChI is InChI=1S/C23H20N6O2/c1-14-8-7-11-18(12-14)22-24-19(16(3)30-22)13-29-15(2)20(26-28-29)23-25-21(27-31-23)17-9-5-4-6-10-17/h4-12H,13H2,1-3H3. The largest absolute Gasteiger partial charge is 0.441 e. The van der Waals surface area contributed by atoms with Crippen LogP contribution in [0.5, 0.6) is 0 Å². The van der Waals surface area contributed by atoms with Gasteiger partial charge in [0.1, 0.15) is 11.5 Å². The summed E-state index contributed by atoms with van der Waals surface area (Å²) in [6.45, 7) is 6.29. The molecule has 0 atom stereocenters. The summed E-state index contributed by atoms with van der Waals surface area (Å²) in [4.78, 5) is 9.15. The third-order valence-electron chi connectivity index (χ3n) is 5.10. The van der Waals surface area contributed by atoms with Gasteiger partial charge in [-0.05, 0) is 32.9 Å². The second kappa shape index (κ2) is 7.64. The molecule has 0 amide bonds. The number of aryl methyl sites for hydroxylation is 2. The molecule has 3 aromatic heterocycles. The van der Waals surface area contributed by atoms with Crippen LogP contribution >= 0.6 is 0 Å². The highest BCUT2D eigenvalue weighted by Crippen LogP contribution is 2.25. The summed E-state index contributed by atoms with van der Waals surface area (Å²) < 4.78 is 13.1. The third kappa shape index (κ3) is 3.63. The number of nitrogens with zero attached hydrogens (tertiary/aromatic N) is 6. The van der Waals surface area contributed by atoms with E-state index in [1.165, 1.54) is 0 Å². The number of oxazole rings is 1. The molecule has 0 radical (unpaired) electrons. The van der Waals surface area contributed by atoms with Crippen LogP contribution in [-0.4, -0.2) is 30.1 Å². The lowest BCUT2D eigenvalue weighted by atomic mass is 10.1. The topological polar surface area (TPSA) is 95.7 Å². The van der Waals surface area contributed by atoms with Crippen LogP contribution < -0.4 is 0 Å². The first-order valence-electron chi connectivity index (χ1n) is 9.91. The van der Waals surface area contributed by atoms with Crippen molar-refractivity contribution in [1.29, 1.82) is 0 Å². The molecular weight excluding hydrogens is 392 g/mol. The van der Waals surface area contributed by atoms with Crippen LogP contribution in [-0.2, 0) is 6.54 Å². The maximum absolute atomic E-state index is 5.90. The van der Waals surface area contributed by atoms with Crippen LogP contribution in [0, 0.1) is 20.8 Å². The lowest BCUT2D eigenvalue weighted by Gasteiger charge is -2.00. The molecule has 0 N–H and O–H groups in total. The summed E-state index contributed by atoms with van der Waals surface area (Å²) >= 11 is 0. The van der Waals surface area contributed by atoms with Gasteiger partial charge < -0.3 is 8.94 Å². The molecule has 8 heteroatoms. The average Bonchev–Trinajstić information content (AvgIpc) is 3.49. The van der Waals surface area contributed by atoms with E-state index < -0.39 is 0 Å². The molecule has 8 nitrogen and oxygen atoms in total. The van der Waals surface area contributed by atoms with Crippen molar-refractivity contribution in [2.75, 3.05) is 0 Å². The van der Waals surface area contributed by atoms with Crippen molar-refractivity contribution in [2.45, 2.75) is 27.3 Å². The molecule has 0 aliphatic rings. The van der Waals surface area contributed by atoms with E-state index in [9.17, 15) is 0 Å². The van der Waals surface area contributed by atoms with Gasteiger partial charge in [-0.1, -0.05) is 58.4 Å². The molecule has 0 aliphatic heterocycles. The molecule has 0 saturated heterocycles. The molecule has 3 heterocycles. The fraction of sp³-hybridized carbons (Fsp3) is 0.174. The SMILES string of the molecule is Cc1cccc(-c2nc(Cn3nnc(-c4nc(-c5ccccc5)no4)c3C)c(C)o2)c1. The van der Waals surface area contributed by atoms with Crippen LogP contribution in [0.2, 0.25) is 0 Å². The zero-order valence-electron chi connectivity index (χ0n) is 17.4. The van der Waals surface area contributed by atoms with Gasteiger partial charge in [0.15, 0.2) is 5.69 Å². The monoisotopic (exact) mass is 412 g/mol. The number of benzene rings is 2. The van der Waals surface area contributed by atoms with Gasteiger partial charge in [0.05, 0.1) is 12.2 Å². The molecule has 0 spiro atoms. The Kier molecular flexibility index (Phi) is 4.66. The first kappa shape index (κ1) is 18.9. The van der Waals surface area contributed by atoms with Crippen molar-refractivity contribution in [2.24, 2.45) is 0 Å². The molecule has 0 aliphatic carbocycles. The van der Waals surface area contributed by atoms with E-state index in [1.807, 2.05) is 75.4 Å². The Hall–Kier alpha value is -4.07. The van der Waals surface area contributed by atoms with Crippen LogP contribution in [0.15, 0.2) is 63.5 Å². The van der Waals surface area contributed by atoms with E-state index in [1.54, 1.807) is 4.68 Å². The number of aromatic nitrogens is 6. The minimum absolute atomic E-state index is 0.333. The highest BCUT2D eigenvalue weighted by atomic mass is 16.5. The van der Waals surface area contributed by atoms with Crippen molar-refractivity contribution in [1.82, 2.24) is 30.1 Å². The summed E-state index contributed by atoms with van der Waals surface area (Å²) in [7, 11) is 0. The summed E-state index contributed by atoms with van der Waals surface area (Å²) in [5, 5.41) is 12.6. The lowest BCUT2D eigenvalue weighted by Crippen LogP contribution is -2.05. The van der Waals surface area contributed by atoms with Gasteiger partial charge >= 0.3 is 0 Å². The number of hydrogen-bond acceptors (Lipinski definition) is 7. The molecule has 5 rings (SSSR count). The molecule has 5 aromatic rings. The zero-order chi connectivity index (χ0) is 21.4. The Balaban J connectivity index is 1.41. The van der Waals surface area contributed by atoms with E-state index >= 15 is 0 Å². The Morgan fingerprint density at radius 2 is 1.68 bits per heavy atom. The van der Waals surface area contributed by atoms with Crippen LogP contribution in [0.25, 0.3) is 34.4 Å². The van der Waals surface area contributed by atoms with Gasteiger partial charge in [-0.3, -0.25) is 0 Å². The molecule has 31 heavy (non-hydrogen) atoms. The molecule has 0 fully saturated rings. The molecule has 2 aromatic carbocycles. The van der Waals surface area contributed by atoms with Gasteiger partial charge in [0.25, 0.3) is 5.89 Å². The fourth-order valence-corrected chi connectivity index (χ4v) is 3.35. The molecule has 0 saturated carbocycles. The van der Waals surface area contributed by atoms with Gasteiger partial charge in [0.2, 0.25) is 11.7 Å². The van der Waals surface area contributed by atoms with Crippen molar-refractivity contribution >= 4 is 0 Å². The highest BCUT2D eigenvalue weighted by molar-refractivity contribution is 5.58. The predicted molar refractivity (Wildman–Crippen MR) is 114 cm³/mol. The summed E-state index contributed by atoms with van der Waals surface area (Å²) in [5.74, 6) is 2.19. The van der Waals surface area contributed by atoms with Crippen LogP contribution in [0.4, 0.5) is 0 Å². The Labute approximate surface area is 178 Å². The van der Waals surface area contributed by atoms with Gasteiger partial charge in [-0.15, -0.1) is 5.10 Å². The van der Waals surface area contributed by atoms with E-state index in [4.69, 9.17) is 8.94 Å². The minimum atomic E-state index is 0.333. The smallest absolute Gasteiger partial charge is 0.280 e. The Morgan fingerprint density at radius 1 is 0.871 bits per heavy atom. The first-order chi connectivity index (χ1) is 15.1. The predicted octanol–water partition coefficient (Wildman–Crippen LogP) is 4.62. The van der Waals surface area contributed by atoms with Crippen molar-refractivity contribution in [3.05, 3.63) is 77.3 Å². The highest BCUT2D eigenvalue weighted by Gasteiger charge is 2.20. The van der Waals surface area contributed by atoms with Crippen molar-refractivity contribution < 1.29 is 8.94 Å². The van der Waals surface area contributed by atoms with E-state index in [0.29, 0.717) is 29.8 Å². The maximum Gasteiger partial charge on any atom is 0.280 e. The van der Waals surface area contributed by atoms with E-state index in [-0.39, 0.29) is 0 Å².